The van der Waals surface area contributed by atoms with Crippen LogP contribution >= 0.6 is 27.5 Å². The summed E-state index contributed by atoms with van der Waals surface area (Å²) in [7, 11) is 0. The van der Waals surface area contributed by atoms with E-state index in [2.05, 4.69) is 26.2 Å². The van der Waals surface area contributed by atoms with Crippen molar-refractivity contribution in [3.05, 3.63) is 39.6 Å². The van der Waals surface area contributed by atoms with Crippen LogP contribution in [0.5, 0.6) is 0 Å². The molecule has 0 fully saturated rings. The molecule has 0 radical (unpaired) electrons. The molecule has 0 aliphatic rings. The number of rotatable bonds is 4. The highest BCUT2D eigenvalue weighted by Gasteiger charge is 2.06. The maximum absolute atomic E-state index is 5.96. The third-order valence-electron chi connectivity index (χ3n) is 2.33. The summed E-state index contributed by atoms with van der Waals surface area (Å²) in [6, 6.07) is 5.55. The summed E-state index contributed by atoms with van der Waals surface area (Å²) in [5.74, 6) is 0. The van der Waals surface area contributed by atoms with Crippen LogP contribution in [0, 0.1) is 0 Å². The molecule has 1 heterocycles. The molecule has 0 amide bonds. The number of hydrogen-bond donors (Lipinski definition) is 1. The molecule has 0 aliphatic heterocycles. The summed E-state index contributed by atoms with van der Waals surface area (Å²) in [6.07, 6.45) is 3.65. The van der Waals surface area contributed by atoms with Crippen molar-refractivity contribution in [1.82, 2.24) is 15.0 Å². The number of aryl methyl sites for hydroxylation is 1. The van der Waals surface area contributed by atoms with Gasteiger partial charge in [-0.25, -0.2) is 4.68 Å². The number of nitrogens with two attached hydrogens (primary N) is 1. The van der Waals surface area contributed by atoms with Crippen LogP contribution in [0.2, 0.25) is 5.02 Å². The molecular formula is C11H12BrClN4. The Hall–Kier alpha value is -0.910. The summed E-state index contributed by atoms with van der Waals surface area (Å²) >= 11 is 9.42. The van der Waals surface area contributed by atoms with Gasteiger partial charge in [-0.1, -0.05) is 16.8 Å². The van der Waals surface area contributed by atoms with E-state index in [1.54, 1.807) is 4.68 Å². The van der Waals surface area contributed by atoms with Gasteiger partial charge in [0, 0.05) is 9.50 Å². The van der Waals surface area contributed by atoms with Gasteiger partial charge in [0.05, 0.1) is 17.6 Å². The molecule has 0 unspecified atom stereocenters. The highest BCUT2D eigenvalue weighted by atomic mass is 79.9. The van der Waals surface area contributed by atoms with Gasteiger partial charge in [-0.2, -0.15) is 0 Å². The zero-order valence-corrected chi connectivity index (χ0v) is 11.4. The Labute approximate surface area is 113 Å². The van der Waals surface area contributed by atoms with E-state index < -0.39 is 0 Å². The molecule has 0 saturated heterocycles. The average Bonchev–Trinajstić information content (AvgIpc) is 2.78. The first-order chi connectivity index (χ1) is 8.20. The van der Waals surface area contributed by atoms with Gasteiger partial charge in [-0.15, -0.1) is 5.10 Å². The van der Waals surface area contributed by atoms with E-state index in [-0.39, 0.29) is 0 Å². The quantitative estimate of drug-likeness (QED) is 0.943. The summed E-state index contributed by atoms with van der Waals surface area (Å²) in [6.45, 7) is 0.660. The molecular weight excluding hydrogens is 304 g/mol. The monoisotopic (exact) mass is 314 g/mol. The number of nitrogens with zero attached hydrogens (tertiary/aromatic N) is 3. The molecule has 0 aliphatic carbocycles. The summed E-state index contributed by atoms with van der Waals surface area (Å²) in [4.78, 5) is 0. The van der Waals surface area contributed by atoms with Crippen LogP contribution in [0.3, 0.4) is 0 Å². The van der Waals surface area contributed by atoms with Gasteiger partial charge in [-0.05, 0) is 53.5 Å². The minimum atomic E-state index is 0.660. The van der Waals surface area contributed by atoms with E-state index >= 15 is 0 Å². The molecule has 17 heavy (non-hydrogen) atoms. The summed E-state index contributed by atoms with van der Waals surface area (Å²) < 4.78 is 2.64. The molecule has 0 atom stereocenters. The Morgan fingerprint density at radius 2 is 2.24 bits per heavy atom. The van der Waals surface area contributed by atoms with Crippen LogP contribution in [-0.2, 0) is 6.42 Å². The minimum Gasteiger partial charge on any atom is -0.330 e. The molecule has 90 valence electrons. The number of halogens is 2. The third kappa shape index (κ3) is 3.06. The summed E-state index contributed by atoms with van der Waals surface area (Å²) in [5.41, 5.74) is 7.27. The second-order valence-corrected chi connectivity index (χ2v) is 4.93. The molecule has 6 heteroatoms. The lowest BCUT2D eigenvalue weighted by atomic mass is 10.2. The number of aromatic nitrogens is 3. The first-order valence-corrected chi connectivity index (χ1v) is 6.44. The summed E-state index contributed by atoms with van der Waals surface area (Å²) in [5, 5.41) is 8.84. The topological polar surface area (TPSA) is 56.7 Å². The molecule has 0 saturated carbocycles. The van der Waals surface area contributed by atoms with Crippen molar-refractivity contribution >= 4 is 27.5 Å². The van der Waals surface area contributed by atoms with Crippen molar-refractivity contribution in [2.24, 2.45) is 5.73 Å². The van der Waals surface area contributed by atoms with E-state index in [9.17, 15) is 0 Å². The normalized spacial score (nSPS) is 10.8. The zero-order chi connectivity index (χ0) is 12.3. The lowest BCUT2D eigenvalue weighted by Gasteiger charge is -2.03. The fourth-order valence-electron chi connectivity index (χ4n) is 1.48. The van der Waals surface area contributed by atoms with Crippen molar-refractivity contribution < 1.29 is 0 Å². The number of hydrogen-bond acceptors (Lipinski definition) is 3. The molecule has 0 spiro atoms. The van der Waals surface area contributed by atoms with Crippen LogP contribution in [0.4, 0.5) is 0 Å². The van der Waals surface area contributed by atoms with Gasteiger partial charge in [0.25, 0.3) is 0 Å². The van der Waals surface area contributed by atoms with Gasteiger partial charge in [0.15, 0.2) is 0 Å². The van der Waals surface area contributed by atoms with Crippen molar-refractivity contribution in [3.8, 4) is 5.69 Å². The van der Waals surface area contributed by atoms with Gasteiger partial charge in [-0.3, -0.25) is 0 Å². The van der Waals surface area contributed by atoms with Gasteiger partial charge >= 0.3 is 0 Å². The minimum absolute atomic E-state index is 0.660. The molecule has 4 nitrogen and oxygen atoms in total. The van der Waals surface area contributed by atoms with Crippen LogP contribution in [0.25, 0.3) is 5.69 Å². The maximum Gasteiger partial charge on any atom is 0.0832 e. The van der Waals surface area contributed by atoms with Gasteiger partial charge in [0.2, 0.25) is 0 Å². The molecule has 0 bridgehead atoms. The molecule has 2 aromatic rings. The highest BCUT2D eigenvalue weighted by Crippen LogP contribution is 2.24. The van der Waals surface area contributed by atoms with Crippen molar-refractivity contribution in [2.75, 3.05) is 6.54 Å². The molecule has 2 rings (SSSR count). The standard InChI is InChI=1S/C11H12BrClN4/c12-10-4-3-8(13)6-11(10)17-7-9(15-16-17)2-1-5-14/h3-4,6-7H,1-2,5,14H2. The van der Waals surface area contributed by atoms with Crippen LogP contribution in [0.15, 0.2) is 28.9 Å². The predicted octanol–water partition coefficient (Wildman–Crippen LogP) is 2.57. The molecule has 2 N–H and O–H groups in total. The largest absolute Gasteiger partial charge is 0.330 e. The maximum atomic E-state index is 5.96. The zero-order valence-electron chi connectivity index (χ0n) is 9.11. The first kappa shape index (κ1) is 12.5. The highest BCUT2D eigenvalue weighted by molar-refractivity contribution is 9.10. The second kappa shape index (κ2) is 5.62. The Balaban J connectivity index is 2.27. The Bertz CT molecular complexity index is 512. The molecule has 1 aromatic heterocycles. The van der Waals surface area contributed by atoms with E-state index in [0.29, 0.717) is 11.6 Å². The van der Waals surface area contributed by atoms with Gasteiger partial charge in [0.1, 0.15) is 0 Å². The van der Waals surface area contributed by atoms with E-state index in [1.165, 1.54) is 0 Å². The van der Waals surface area contributed by atoms with E-state index in [4.69, 9.17) is 17.3 Å². The Kier molecular flexibility index (Phi) is 4.15. The average molecular weight is 316 g/mol. The molecule has 1 aromatic carbocycles. The lowest BCUT2D eigenvalue weighted by molar-refractivity contribution is 0.777. The SMILES string of the molecule is NCCCc1cn(-c2cc(Cl)ccc2Br)nn1. The Morgan fingerprint density at radius 1 is 1.41 bits per heavy atom. The fraction of sp³-hybridized carbons (Fsp3) is 0.273. The van der Waals surface area contributed by atoms with Crippen LogP contribution in [-0.4, -0.2) is 21.5 Å². The van der Waals surface area contributed by atoms with Crippen LogP contribution < -0.4 is 5.73 Å². The van der Waals surface area contributed by atoms with E-state index in [1.807, 2.05) is 24.4 Å². The number of benzene rings is 1. The van der Waals surface area contributed by atoms with Crippen molar-refractivity contribution in [2.45, 2.75) is 12.8 Å². The lowest BCUT2D eigenvalue weighted by Crippen LogP contribution is -2.00. The first-order valence-electron chi connectivity index (χ1n) is 5.27. The second-order valence-electron chi connectivity index (χ2n) is 3.64. The Morgan fingerprint density at radius 3 is 3.00 bits per heavy atom. The van der Waals surface area contributed by atoms with Crippen molar-refractivity contribution in [3.63, 3.8) is 0 Å². The predicted molar refractivity (Wildman–Crippen MR) is 71.4 cm³/mol. The van der Waals surface area contributed by atoms with Crippen molar-refractivity contribution in [1.29, 1.82) is 0 Å². The fourth-order valence-corrected chi connectivity index (χ4v) is 2.07. The smallest absolute Gasteiger partial charge is 0.0832 e. The van der Waals surface area contributed by atoms with Crippen LogP contribution in [0.1, 0.15) is 12.1 Å². The third-order valence-corrected chi connectivity index (χ3v) is 3.24. The van der Waals surface area contributed by atoms with Gasteiger partial charge < -0.3 is 5.73 Å². The van der Waals surface area contributed by atoms with E-state index in [0.717, 1.165) is 28.7 Å².